The number of carbonyl (C=O) groups is 2. The van der Waals surface area contributed by atoms with E-state index in [1.54, 1.807) is 36.1 Å². The molecule has 2 heterocycles. The van der Waals surface area contributed by atoms with Gasteiger partial charge in [0.25, 0.3) is 5.91 Å². The van der Waals surface area contributed by atoms with E-state index in [-0.39, 0.29) is 18.6 Å². The molecular weight excluding hydrogens is 478 g/mol. The molecule has 0 aliphatic heterocycles. The summed E-state index contributed by atoms with van der Waals surface area (Å²) in [4.78, 5) is 28.4. The lowest BCUT2D eigenvalue weighted by atomic mass is 9.91. The van der Waals surface area contributed by atoms with Crippen molar-refractivity contribution >= 4 is 29.2 Å². The van der Waals surface area contributed by atoms with Gasteiger partial charge in [-0.1, -0.05) is 36.6 Å². The molecule has 4 rings (SSSR count). The number of halogens is 1. The van der Waals surface area contributed by atoms with Gasteiger partial charge in [-0.25, -0.2) is 14.5 Å². The first-order valence-electron chi connectivity index (χ1n) is 12.1. The molecule has 0 spiro atoms. The Balaban J connectivity index is 1.46. The van der Waals surface area contributed by atoms with E-state index in [0.717, 1.165) is 29.8 Å². The number of hydrogen-bond acceptors (Lipinski definition) is 6. The van der Waals surface area contributed by atoms with Crippen LogP contribution in [-0.4, -0.2) is 33.2 Å². The predicted octanol–water partition coefficient (Wildman–Crippen LogP) is 5.38. The maximum atomic E-state index is 12.4. The first-order valence-corrected chi connectivity index (χ1v) is 12.5. The molecule has 1 fully saturated rings. The number of aryl methyl sites for hydroxylation is 1. The van der Waals surface area contributed by atoms with E-state index in [1.165, 1.54) is 25.1 Å². The van der Waals surface area contributed by atoms with Crippen molar-refractivity contribution in [2.75, 3.05) is 11.9 Å². The molecule has 1 atom stereocenters. The second kappa shape index (κ2) is 11.9. The van der Waals surface area contributed by atoms with Crippen LogP contribution in [0, 0.1) is 12.8 Å². The summed E-state index contributed by atoms with van der Waals surface area (Å²) in [6, 6.07) is 11.6. The molecule has 1 aromatic carbocycles. The Labute approximate surface area is 215 Å². The van der Waals surface area contributed by atoms with Crippen molar-refractivity contribution in [3.05, 3.63) is 82.9 Å². The quantitative estimate of drug-likeness (QED) is 0.298. The summed E-state index contributed by atoms with van der Waals surface area (Å²) in [5, 5.41) is 11.2. The molecule has 0 bridgehead atoms. The smallest absolute Gasteiger partial charge is 0.332 e. The van der Waals surface area contributed by atoms with Crippen LogP contribution in [0.1, 0.15) is 60.3 Å². The monoisotopic (exact) mass is 507 g/mol. The number of anilines is 1. The van der Waals surface area contributed by atoms with Crippen molar-refractivity contribution in [2.24, 2.45) is 5.92 Å². The van der Waals surface area contributed by atoms with E-state index < -0.39 is 5.97 Å². The number of aromatic nitrogens is 3. The van der Waals surface area contributed by atoms with E-state index >= 15 is 0 Å². The van der Waals surface area contributed by atoms with Gasteiger partial charge >= 0.3 is 5.97 Å². The highest BCUT2D eigenvalue weighted by Crippen LogP contribution is 2.38. The van der Waals surface area contributed by atoms with Crippen LogP contribution in [0.2, 0.25) is 5.02 Å². The highest BCUT2D eigenvalue weighted by atomic mass is 35.5. The minimum absolute atomic E-state index is 0.0994. The van der Waals surface area contributed by atoms with Gasteiger partial charge in [-0.2, -0.15) is 5.10 Å². The number of rotatable bonds is 9. The van der Waals surface area contributed by atoms with Gasteiger partial charge in [0.05, 0.1) is 41.4 Å². The van der Waals surface area contributed by atoms with Gasteiger partial charge in [0.15, 0.2) is 5.82 Å². The molecular formula is C27H30ClN5O3. The van der Waals surface area contributed by atoms with Crippen molar-refractivity contribution in [1.82, 2.24) is 20.1 Å². The molecule has 188 valence electrons. The molecule has 0 saturated heterocycles. The van der Waals surface area contributed by atoms with Gasteiger partial charge in [-0.05, 0) is 62.4 Å². The summed E-state index contributed by atoms with van der Waals surface area (Å²) in [6.07, 6.45) is 10.8. The molecule has 8 nitrogen and oxygen atoms in total. The summed E-state index contributed by atoms with van der Waals surface area (Å²) < 4.78 is 6.47. The molecule has 1 amide bonds. The Hall–Kier alpha value is -3.65. The topological polar surface area (TPSA) is 98.1 Å². The summed E-state index contributed by atoms with van der Waals surface area (Å²) in [7, 11) is 0. The van der Waals surface area contributed by atoms with Crippen molar-refractivity contribution < 1.29 is 14.3 Å². The van der Waals surface area contributed by atoms with Gasteiger partial charge in [0.2, 0.25) is 0 Å². The first-order chi connectivity index (χ1) is 17.4. The normalized spacial score (nSPS) is 14.6. The number of pyridine rings is 1. The molecule has 2 aromatic heterocycles. The van der Waals surface area contributed by atoms with E-state index in [9.17, 15) is 9.59 Å². The molecule has 9 heteroatoms. The van der Waals surface area contributed by atoms with Crippen LogP contribution in [0.3, 0.4) is 0 Å². The van der Waals surface area contributed by atoms with Crippen LogP contribution in [0.15, 0.2) is 61.1 Å². The molecule has 3 aromatic rings. The SMILES string of the molecule is CCOC(=O)/C=C/NC(=O)c1ccc(C(Nc2ccc(-n3cc(Cl)c(C)n3)nc2)C2CCCC2)cc1. The predicted molar refractivity (Wildman–Crippen MR) is 139 cm³/mol. The Kier molecular flexibility index (Phi) is 8.38. The fourth-order valence-corrected chi connectivity index (χ4v) is 4.54. The van der Waals surface area contributed by atoms with E-state index in [0.29, 0.717) is 22.3 Å². The number of amides is 1. The van der Waals surface area contributed by atoms with Gasteiger partial charge in [0, 0.05) is 17.8 Å². The molecule has 1 saturated carbocycles. The molecule has 36 heavy (non-hydrogen) atoms. The molecule has 0 radical (unpaired) electrons. The van der Waals surface area contributed by atoms with Crippen molar-refractivity contribution in [1.29, 1.82) is 0 Å². The van der Waals surface area contributed by atoms with Gasteiger partial charge in [-0.3, -0.25) is 4.79 Å². The summed E-state index contributed by atoms with van der Waals surface area (Å²) in [6.45, 7) is 3.87. The largest absolute Gasteiger partial charge is 0.463 e. The van der Waals surface area contributed by atoms with Crippen LogP contribution >= 0.6 is 11.6 Å². The van der Waals surface area contributed by atoms with Crippen molar-refractivity contribution in [3.8, 4) is 5.82 Å². The van der Waals surface area contributed by atoms with Crippen molar-refractivity contribution in [3.63, 3.8) is 0 Å². The molecule has 1 aliphatic carbocycles. The summed E-state index contributed by atoms with van der Waals surface area (Å²) >= 11 is 6.13. The second-order valence-corrected chi connectivity index (χ2v) is 9.17. The molecule has 2 N–H and O–H groups in total. The average molecular weight is 508 g/mol. The highest BCUT2D eigenvalue weighted by molar-refractivity contribution is 6.31. The number of ether oxygens (including phenoxy) is 1. The maximum Gasteiger partial charge on any atom is 0.332 e. The van der Waals surface area contributed by atoms with Crippen LogP contribution in [0.4, 0.5) is 5.69 Å². The summed E-state index contributed by atoms with van der Waals surface area (Å²) in [5.74, 6) is 0.399. The Morgan fingerprint density at radius 1 is 1.19 bits per heavy atom. The number of carbonyl (C=O) groups excluding carboxylic acids is 2. The van der Waals surface area contributed by atoms with E-state index in [1.807, 2.05) is 31.2 Å². The van der Waals surface area contributed by atoms with Crippen molar-refractivity contribution in [2.45, 2.75) is 45.6 Å². The number of hydrogen-bond donors (Lipinski definition) is 2. The Morgan fingerprint density at radius 3 is 2.56 bits per heavy atom. The number of nitrogens with one attached hydrogen (secondary N) is 2. The lowest BCUT2D eigenvalue weighted by molar-refractivity contribution is -0.137. The van der Waals surface area contributed by atoms with Gasteiger partial charge < -0.3 is 15.4 Å². The van der Waals surface area contributed by atoms with E-state index in [2.05, 4.69) is 20.7 Å². The lowest BCUT2D eigenvalue weighted by Crippen LogP contribution is -2.20. The standard InChI is InChI=1S/C27H30ClN5O3/c1-3-36-25(34)14-15-29-27(35)21-10-8-20(9-11-21)26(19-6-4-5-7-19)31-22-12-13-24(30-16-22)33-17-23(28)18(2)32-33/h8-17,19,26,31H,3-7H2,1-2H3,(H,29,35)/b15-14+. The first kappa shape index (κ1) is 25.4. The Morgan fingerprint density at radius 2 is 1.94 bits per heavy atom. The minimum atomic E-state index is -0.496. The zero-order valence-electron chi connectivity index (χ0n) is 20.4. The third-order valence-corrected chi connectivity index (χ3v) is 6.64. The van der Waals surface area contributed by atoms with Crippen LogP contribution in [0.5, 0.6) is 0 Å². The number of esters is 1. The number of nitrogens with zero attached hydrogens (tertiary/aromatic N) is 3. The van der Waals surface area contributed by atoms with Crippen LogP contribution in [0.25, 0.3) is 5.82 Å². The average Bonchev–Trinajstić information content (AvgIpc) is 3.53. The van der Waals surface area contributed by atoms with Crippen LogP contribution in [-0.2, 0) is 9.53 Å². The Bertz CT molecular complexity index is 1200. The maximum absolute atomic E-state index is 12.4. The zero-order chi connectivity index (χ0) is 25.5. The second-order valence-electron chi connectivity index (χ2n) is 8.76. The lowest BCUT2D eigenvalue weighted by Gasteiger charge is -2.26. The minimum Gasteiger partial charge on any atom is -0.463 e. The third kappa shape index (κ3) is 6.31. The third-order valence-electron chi connectivity index (χ3n) is 6.27. The van der Waals surface area contributed by atoms with Crippen LogP contribution < -0.4 is 10.6 Å². The fraction of sp³-hybridized carbons (Fsp3) is 0.333. The van der Waals surface area contributed by atoms with Gasteiger partial charge in [-0.15, -0.1) is 0 Å². The highest BCUT2D eigenvalue weighted by Gasteiger charge is 2.26. The fourth-order valence-electron chi connectivity index (χ4n) is 4.41. The van der Waals surface area contributed by atoms with E-state index in [4.69, 9.17) is 16.3 Å². The molecule has 1 aliphatic rings. The molecule has 1 unspecified atom stereocenters. The summed E-state index contributed by atoms with van der Waals surface area (Å²) in [5.41, 5.74) is 3.29. The zero-order valence-corrected chi connectivity index (χ0v) is 21.2. The van der Waals surface area contributed by atoms with Gasteiger partial charge in [0.1, 0.15) is 0 Å². The number of benzene rings is 1.